The van der Waals surface area contributed by atoms with E-state index in [4.69, 9.17) is 19.9 Å². The molecule has 0 unspecified atom stereocenters. The van der Waals surface area contributed by atoms with E-state index in [1.165, 1.54) is 70.8 Å². The average molecular weight is 1020 g/mol. The number of alkyl carbamates (subject to hydrolysis) is 1. The lowest BCUT2D eigenvalue weighted by molar-refractivity contribution is 0.0531. The van der Waals surface area contributed by atoms with Gasteiger partial charge in [-0.15, -0.1) is 0 Å². The lowest BCUT2D eigenvalue weighted by Crippen LogP contribution is -2.35. The Bertz CT molecular complexity index is 2870. The van der Waals surface area contributed by atoms with E-state index in [0.717, 1.165) is 111 Å². The summed E-state index contributed by atoms with van der Waals surface area (Å²) >= 11 is 0. The normalized spacial score (nSPS) is 15.0. The molecule has 0 aliphatic heterocycles. The molecule has 380 valence electrons. The maximum Gasteiger partial charge on any atom is 0.407 e. The molecule has 7 N–H and O–H groups in total. The molecule has 0 bridgehead atoms. The highest BCUT2D eigenvalue weighted by molar-refractivity contribution is 7.90. The Kier molecular flexibility index (Phi) is 16.7. The third-order valence-corrected chi connectivity index (χ3v) is 15.1. The van der Waals surface area contributed by atoms with E-state index in [1.807, 2.05) is 0 Å². The van der Waals surface area contributed by atoms with Crippen LogP contribution in [0.4, 0.5) is 34.5 Å². The first-order chi connectivity index (χ1) is 33.9. The van der Waals surface area contributed by atoms with Gasteiger partial charge in [-0.25, -0.2) is 49.4 Å². The summed E-state index contributed by atoms with van der Waals surface area (Å²) in [5.74, 6) is 0.641. The minimum atomic E-state index is -4.14. The van der Waals surface area contributed by atoms with Crippen molar-refractivity contribution in [3.05, 3.63) is 129 Å². The quantitative estimate of drug-likeness (QED) is 0.0663. The molecule has 0 radical (unpaired) electrons. The molecule has 0 atom stereocenters. The molecule has 8 rings (SSSR count). The van der Waals surface area contributed by atoms with Crippen LogP contribution in [0.2, 0.25) is 0 Å². The van der Waals surface area contributed by atoms with Crippen LogP contribution in [0.3, 0.4) is 0 Å². The van der Waals surface area contributed by atoms with E-state index in [1.54, 1.807) is 20.8 Å². The molecule has 0 aromatic heterocycles. The Morgan fingerprint density at radius 3 is 1.30 bits per heavy atom. The number of amides is 5. The van der Waals surface area contributed by atoms with Gasteiger partial charge in [0.25, 0.3) is 20.0 Å². The van der Waals surface area contributed by atoms with Gasteiger partial charge in [0.15, 0.2) is 0 Å². The largest absolute Gasteiger partial charge is 0.489 e. The highest BCUT2D eigenvalue weighted by atomic mass is 32.2. The van der Waals surface area contributed by atoms with Gasteiger partial charge in [-0.2, -0.15) is 0 Å². The van der Waals surface area contributed by atoms with Crippen LogP contribution in [-0.2, 0) is 76.2 Å². The number of benzene rings is 4. The maximum atomic E-state index is 13.2. The molecule has 4 aliphatic carbocycles. The molecular formula is C51H60F2N6O10S2. The van der Waals surface area contributed by atoms with Crippen LogP contribution in [0.5, 0.6) is 11.5 Å². The molecule has 4 aromatic carbocycles. The van der Waals surface area contributed by atoms with E-state index in [2.05, 4.69) is 37.5 Å². The van der Waals surface area contributed by atoms with Crippen molar-refractivity contribution in [2.24, 2.45) is 5.73 Å². The van der Waals surface area contributed by atoms with Crippen LogP contribution in [0.15, 0.2) is 94.3 Å². The predicted molar refractivity (Wildman–Crippen MR) is 265 cm³/mol. The standard InChI is InChI=1S/C28H34FN3O6S.C23H26FN3O4S/c1-28(2,3)38-27(34)30-16-18(15-29)17-37-21-10-12-22(13-11-21)39(35,36)32-26(33)31-25-23-8-4-6-19(23)14-20-7-5-9-24(20)25;24-12-15(13-25)14-31-18-7-9-19(10-8-18)32(29,30)27-23(28)26-22-20-5-1-3-16(20)11-17-4-2-6-21(17)22/h10-15H,4-9,16-17H2,1-3H3,(H,30,34)(H2,31,32,33);7-12H,1-6,13-14,25H2,(H2,26,27,28)/b18-15+;15-12+. The molecule has 0 saturated heterocycles. The van der Waals surface area contributed by atoms with Crippen LogP contribution in [0.1, 0.15) is 91.0 Å². The lowest BCUT2D eigenvalue weighted by Gasteiger charge is -2.20. The second-order valence-corrected chi connectivity index (χ2v) is 22.1. The molecule has 4 aliphatic rings. The van der Waals surface area contributed by atoms with Crippen molar-refractivity contribution in [2.45, 2.75) is 113 Å². The van der Waals surface area contributed by atoms with E-state index < -0.39 is 43.8 Å². The smallest absolute Gasteiger partial charge is 0.407 e. The SMILES string of the molecule is CC(C)(C)OC(=O)NC/C(=C\F)COc1ccc(S(=O)(=O)NC(=O)Nc2c3c(cc4c2CCC4)CCC3)cc1.NC/C(=C\F)COc1ccc(S(=O)(=O)NC(=O)Nc2c3c(cc4c2CCC4)CCC3)cc1. The molecule has 0 saturated carbocycles. The van der Waals surface area contributed by atoms with Gasteiger partial charge in [-0.3, -0.25) is 0 Å². The van der Waals surface area contributed by atoms with Gasteiger partial charge in [0.2, 0.25) is 0 Å². The molecule has 0 spiro atoms. The number of hydrogen-bond acceptors (Lipinski definition) is 11. The Morgan fingerprint density at radius 2 is 0.958 bits per heavy atom. The number of ether oxygens (including phenoxy) is 3. The molecule has 0 heterocycles. The molecule has 4 aromatic rings. The van der Waals surface area contributed by atoms with Gasteiger partial charge in [-0.05, 0) is 191 Å². The van der Waals surface area contributed by atoms with Gasteiger partial charge < -0.3 is 35.9 Å². The summed E-state index contributed by atoms with van der Waals surface area (Å²) < 4.78 is 97.0. The van der Waals surface area contributed by atoms with Crippen molar-refractivity contribution in [1.29, 1.82) is 0 Å². The van der Waals surface area contributed by atoms with E-state index in [9.17, 15) is 40.0 Å². The minimum Gasteiger partial charge on any atom is -0.489 e. The lowest BCUT2D eigenvalue weighted by atomic mass is 9.99. The number of fused-ring (bicyclic) bond motifs is 4. The number of hydrogen-bond donors (Lipinski definition) is 6. The number of rotatable bonds is 15. The highest BCUT2D eigenvalue weighted by Gasteiger charge is 2.29. The summed E-state index contributed by atoms with van der Waals surface area (Å²) in [5.41, 5.74) is 16.1. The summed E-state index contributed by atoms with van der Waals surface area (Å²) in [4.78, 5) is 36.9. The average Bonchev–Trinajstić information content (AvgIpc) is 4.17. The van der Waals surface area contributed by atoms with E-state index >= 15 is 0 Å². The molecule has 0 fully saturated rings. The van der Waals surface area contributed by atoms with Gasteiger partial charge in [0.05, 0.1) is 22.5 Å². The van der Waals surface area contributed by atoms with Crippen LogP contribution < -0.4 is 40.6 Å². The number of aryl methyl sites for hydroxylation is 4. The monoisotopic (exact) mass is 1020 g/mol. The van der Waals surface area contributed by atoms with Crippen molar-refractivity contribution in [3.63, 3.8) is 0 Å². The second kappa shape index (κ2) is 22.7. The number of urea groups is 2. The first-order valence-electron chi connectivity index (χ1n) is 23.6. The summed E-state index contributed by atoms with van der Waals surface area (Å²) in [6.07, 6.45) is 11.5. The zero-order chi connectivity index (χ0) is 50.9. The van der Waals surface area contributed by atoms with E-state index in [-0.39, 0.29) is 53.0 Å². The first kappa shape index (κ1) is 52.3. The van der Waals surface area contributed by atoms with Gasteiger partial charge in [0, 0.05) is 35.6 Å². The van der Waals surface area contributed by atoms with Crippen molar-refractivity contribution < 1.29 is 54.2 Å². The number of carbonyl (C=O) groups is 3. The molecular weight excluding hydrogens is 959 g/mol. The van der Waals surface area contributed by atoms with Crippen molar-refractivity contribution in [2.75, 3.05) is 36.9 Å². The van der Waals surface area contributed by atoms with Crippen LogP contribution in [0, 0.1) is 0 Å². The van der Waals surface area contributed by atoms with E-state index in [0.29, 0.717) is 18.4 Å². The summed E-state index contributed by atoms with van der Waals surface area (Å²) in [6, 6.07) is 13.8. The topological polar surface area (TPSA) is 233 Å². The van der Waals surface area contributed by atoms with Crippen LogP contribution in [-0.4, -0.2) is 66.9 Å². The Hall–Kier alpha value is -6.51. The second-order valence-electron chi connectivity index (χ2n) is 18.7. The first-order valence-corrected chi connectivity index (χ1v) is 26.5. The molecule has 16 nitrogen and oxygen atoms in total. The highest BCUT2D eigenvalue weighted by Crippen LogP contribution is 2.40. The fraction of sp³-hybridized carbons (Fsp3) is 0.392. The number of nitrogens with one attached hydrogen (secondary N) is 5. The Morgan fingerprint density at radius 1 is 0.592 bits per heavy atom. The minimum absolute atomic E-state index is 0.0236. The van der Waals surface area contributed by atoms with Crippen molar-refractivity contribution >= 4 is 49.6 Å². The molecule has 20 heteroatoms. The zero-order valence-corrected chi connectivity index (χ0v) is 41.6. The van der Waals surface area contributed by atoms with Gasteiger partial charge in [-0.1, -0.05) is 12.1 Å². The maximum absolute atomic E-state index is 13.2. The fourth-order valence-corrected chi connectivity index (χ4v) is 10.9. The van der Waals surface area contributed by atoms with Crippen molar-refractivity contribution in [3.8, 4) is 11.5 Å². The number of sulfonamides is 2. The summed E-state index contributed by atoms with van der Waals surface area (Å²) in [5, 5.41) is 8.08. The van der Waals surface area contributed by atoms with Crippen LogP contribution in [0.25, 0.3) is 0 Å². The Labute approximate surface area is 413 Å². The third-order valence-electron chi connectivity index (χ3n) is 12.4. The fourth-order valence-electron chi connectivity index (χ4n) is 9.11. The van der Waals surface area contributed by atoms with Crippen LogP contribution >= 0.6 is 0 Å². The summed E-state index contributed by atoms with van der Waals surface area (Å²) in [7, 11) is -8.22. The summed E-state index contributed by atoms with van der Waals surface area (Å²) in [6.45, 7) is 4.84. The molecule has 5 amide bonds. The van der Waals surface area contributed by atoms with Gasteiger partial charge >= 0.3 is 18.2 Å². The zero-order valence-electron chi connectivity index (χ0n) is 40.0. The number of nitrogens with two attached hydrogens (primary N) is 1. The van der Waals surface area contributed by atoms with Gasteiger partial charge in [0.1, 0.15) is 30.3 Å². The third kappa shape index (κ3) is 13.5. The number of anilines is 2. The molecule has 71 heavy (non-hydrogen) atoms. The Balaban J connectivity index is 0.000000213. The predicted octanol–water partition coefficient (Wildman–Crippen LogP) is 8.30. The number of halogens is 2. The van der Waals surface area contributed by atoms with Crippen molar-refractivity contribution in [1.82, 2.24) is 14.8 Å². The number of carbonyl (C=O) groups excluding carboxylic acids is 3.